The normalized spacial score (nSPS) is 11.9. The van der Waals surface area contributed by atoms with Crippen LogP contribution in [-0.4, -0.2) is 34.8 Å². The molecule has 0 fully saturated rings. The van der Waals surface area contributed by atoms with Crippen molar-refractivity contribution in [3.63, 3.8) is 0 Å². The van der Waals surface area contributed by atoms with Crippen LogP contribution >= 0.6 is 11.8 Å². The van der Waals surface area contributed by atoms with E-state index in [0.717, 1.165) is 23.1 Å². The molecule has 4 nitrogen and oxygen atoms in total. The first-order valence-electron chi connectivity index (χ1n) is 6.46. The lowest BCUT2D eigenvalue weighted by atomic mass is 9.92. The van der Waals surface area contributed by atoms with Gasteiger partial charge in [-0.05, 0) is 13.8 Å². The number of nitrogens with zero attached hydrogens (tertiary/aromatic N) is 2. The average Bonchev–Trinajstić information content (AvgIpc) is 2.58. The number of thioether (sulfide) groups is 1. The molecule has 0 aliphatic rings. The first-order chi connectivity index (χ1) is 8.77. The molecule has 0 bridgehead atoms. The lowest BCUT2D eigenvalue weighted by molar-refractivity contribution is -0.123. The Balaban J connectivity index is 2.78. The Hall–Kier alpha value is -0.810. The van der Waals surface area contributed by atoms with Crippen LogP contribution in [0.4, 0.5) is 0 Å². The zero-order valence-corrected chi connectivity index (χ0v) is 13.6. The number of ketones is 1. The lowest BCUT2D eigenvalue weighted by Gasteiger charge is -2.16. The van der Waals surface area contributed by atoms with E-state index < -0.39 is 0 Å². The van der Waals surface area contributed by atoms with E-state index >= 15 is 0 Å². The van der Waals surface area contributed by atoms with E-state index in [2.05, 4.69) is 9.55 Å². The van der Waals surface area contributed by atoms with E-state index in [1.54, 1.807) is 7.11 Å². The van der Waals surface area contributed by atoms with Crippen LogP contribution in [0.25, 0.3) is 0 Å². The Morgan fingerprint density at radius 3 is 2.53 bits per heavy atom. The maximum atomic E-state index is 12.0. The molecule has 1 aromatic heterocycles. The number of imidazole rings is 1. The molecule has 5 heteroatoms. The smallest absolute Gasteiger partial charge is 0.168 e. The molecular formula is C14H24N2O2S. The van der Waals surface area contributed by atoms with Crippen LogP contribution in [0.3, 0.4) is 0 Å². The molecule has 1 rings (SSSR count). The molecule has 0 unspecified atom stereocenters. The van der Waals surface area contributed by atoms with Gasteiger partial charge in [-0.25, -0.2) is 4.98 Å². The zero-order valence-electron chi connectivity index (χ0n) is 12.7. The molecule has 1 aromatic rings. The molecule has 0 aromatic carbocycles. The third-order valence-corrected chi connectivity index (χ3v) is 4.09. The standard InChI is InChI=1S/C14H24N2O2S/c1-10-11(2)16(7-8-18-6)13(15-10)19-9-12(17)14(3,4)5/h7-9H2,1-6H3. The van der Waals surface area contributed by atoms with E-state index in [-0.39, 0.29) is 11.2 Å². The molecule has 1 heterocycles. The van der Waals surface area contributed by atoms with E-state index in [0.29, 0.717) is 12.4 Å². The van der Waals surface area contributed by atoms with Crippen molar-refractivity contribution in [3.05, 3.63) is 11.4 Å². The summed E-state index contributed by atoms with van der Waals surface area (Å²) in [4.78, 5) is 16.5. The van der Waals surface area contributed by atoms with Crippen LogP contribution in [0.5, 0.6) is 0 Å². The molecule has 0 saturated carbocycles. The molecule has 0 aliphatic carbocycles. The number of methoxy groups -OCH3 is 1. The minimum absolute atomic E-state index is 0.245. The van der Waals surface area contributed by atoms with Gasteiger partial charge < -0.3 is 9.30 Å². The van der Waals surface area contributed by atoms with Crippen molar-refractivity contribution < 1.29 is 9.53 Å². The highest BCUT2D eigenvalue weighted by Crippen LogP contribution is 2.24. The summed E-state index contributed by atoms with van der Waals surface area (Å²) in [6, 6.07) is 0. The number of Topliss-reactive ketones (excluding diaryl/α,β-unsaturated/α-hetero) is 1. The van der Waals surface area contributed by atoms with Crippen molar-refractivity contribution >= 4 is 17.5 Å². The highest BCUT2D eigenvalue weighted by atomic mass is 32.2. The number of hydrogen-bond donors (Lipinski definition) is 0. The van der Waals surface area contributed by atoms with Crippen molar-refractivity contribution in [2.45, 2.75) is 46.3 Å². The second kappa shape index (κ2) is 6.57. The van der Waals surface area contributed by atoms with Gasteiger partial charge in [0.15, 0.2) is 5.16 Å². The van der Waals surface area contributed by atoms with Gasteiger partial charge in [0, 0.05) is 24.8 Å². The van der Waals surface area contributed by atoms with Crippen molar-refractivity contribution in [3.8, 4) is 0 Å². The summed E-state index contributed by atoms with van der Waals surface area (Å²) in [6.45, 7) is 11.3. The summed E-state index contributed by atoms with van der Waals surface area (Å²) >= 11 is 1.51. The fourth-order valence-corrected chi connectivity index (χ4v) is 2.80. The summed E-state index contributed by atoms with van der Waals surface area (Å²) in [5.74, 6) is 0.709. The predicted molar refractivity (Wildman–Crippen MR) is 78.8 cm³/mol. The minimum Gasteiger partial charge on any atom is -0.383 e. The maximum Gasteiger partial charge on any atom is 0.168 e. The van der Waals surface area contributed by atoms with Crippen LogP contribution in [0.1, 0.15) is 32.2 Å². The van der Waals surface area contributed by atoms with Crippen molar-refractivity contribution in [1.82, 2.24) is 9.55 Å². The van der Waals surface area contributed by atoms with Crippen molar-refractivity contribution in [2.75, 3.05) is 19.5 Å². The first kappa shape index (κ1) is 16.2. The van der Waals surface area contributed by atoms with Gasteiger partial charge in [0.05, 0.1) is 18.1 Å². The molecule has 0 N–H and O–H groups in total. The highest BCUT2D eigenvalue weighted by molar-refractivity contribution is 7.99. The van der Waals surface area contributed by atoms with Gasteiger partial charge in [-0.1, -0.05) is 32.5 Å². The molecule has 108 valence electrons. The number of aromatic nitrogens is 2. The van der Waals surface area contributed by atoms with Gasteiger partial charge in [0.1, 0.15) is 5.78 Å². The molecule has 0 saturated heterocycles. The fraction of sp³-hybridized carbons (Fsp3) is 0.714. The van der Waals surface area contributed by atoms with Crippen LogP contribution in [0.15, 0.2) is 5.16 Å². The van der Waals surface area contributed by atoms with Crippen LogP contribution in [0, 0.1) is 19.3 Å². The summed E-state index contributed by atoms with van der Waals surface area (Å²) < 4.78 is 7.24. The van der Waals surface area contributed by atoms with Gasteiger partial charge in [-0.15, -0.1) is 0 Å². The Bertz CT molecular complexity index is 447. The first-order valence-corrected chi connectivity index (χ1v) is 7.44. The lowest BCUT2D eigenvalue weighted by Crippen LogP contribution is -2.22. The number of carbonyl (C=O) groups is 1. The Morgan fingerprint density at radius 1 is 1.37 bits per heavy atom. The third kappa shape index (κ3) is 4.35. The number of ether oxygens (including phenoxy) is 1. The second-order valence-electron chi connectivity index (χ2n) is 5.67. The minimum atomic E-state index is -0.291. The summed E-state index contributed by atoms with van der Waals surface area (Å²) in [6.07, 6.45) is 0. The van der Waals surface area contributed by atoms with E-state index in [1.165, 1.54) is 11.8 Å². The number of hydrogen-bond acceptors (Lipinski definition) is 4. The molecule has 0 amide bonds. The number of rotatable bonds is 6. The van der Waals surface area contributed by atoms with Crippen LogP contribution in [-0.2, 0) is 16.1 Å². The van der Waals surface area contributed by atoms with Gasteiger partial charge >= 0.3 is 0 Å². The predicted octanol–water partition coefficient (Wildman–Crippen LogP) is 2.85. The fourth-order valence-electron chi connectivity index (χ4n) is 1.53. The van der Waals surface area contributed by atoms with Gasteiger partial charge in [0.25, 0.3) is 0 Å². The van der Waals surface area contributed by atoms with Crippen molar-refractivity contribution in [1.29, 1.82) is 0 Å². The molecule has 0 atom stereocenters. The number of aryl methyl sites for hydroxylation is 1. The molecule has 0 aliphatic heterocycles. The Morgan fingerprint density at radius 2 is 2.00 bits per heavy atom. The quantitative estimate of drug-likeness (QED) is 0.753. The maximum absolute atomic E-state index is 12.0. The van der Waals surface area contributed by atoms with E-state index in [9.17, 15) is 4.79 Å². The summed E-state index contributed by atoms with van der Waals surface area (Å²) in [5.41, 5.74) is 1.87. The molecule has 0 radical (unpaired) electrons. The van der Waals surface area contributed by atoms with Crippen LogP contribution < -0.4 is 0 Å². The average molecular weight is 284 g/mol. The zero-order chi connectivity index (χ0) is 14.6. The third-order valence-electron chi connectivity index (χ3n) is 3.11. The number of carbonyl (C=O) groups excluding carboxylic acids is 1. The second-order valence-corrected chi connectivity index (χ2v) is 6.61. The Labute approximate surface area is 119 Å². The summed E-state index contributed by atoms with van der Waals surface area (Å²) in [5, 5.41) is 0.907. The topological polar surface area (TPSA) is 44.1 Å². The van der Waals surface area contributed by atoms with Gasteiger partial charge in [-0.2, -0.15) is 0 Å². The molecule has 19 heavy (non-hydrogen) atoms. The molecular weight excluding hydrogens is 260 g/mol. The molecule has 0 spiro atoms. The van der Waals surface area contributed by atoms with Gasteiger partial charge in [-0.3, -0.25) is 4.79 Å². The van der Waals surface area contributed by atoms with E-state index in [1.807, 2.05) is 34.6 Å². The Kier molecular flexibility index (Phi) is 5.62. The monoisotopic (exact) mass is 284 g/mol. The largest absolute Gasteiger partial charge is 0.383 e. The summed E-state index contributed by atoms with van der Waals surface area (Å²) in [7, 11) is 1.69. The van der Waals surface area contributed by atoms with Crippen molar-refractivity contribution in [2.24, 2.45) is 5.41 Å². The van der Waals surface area contributed by atoms with E-state index in [4.69, 9.17) is 4.74 Å². The van der Waals surface area contributed by atoms with Gasteiger partial charge in [0.2, 0.25) is 0 Å². The van der Waals surface area contributed by atoms with Crippen LogP contribution in [0.2, 0.25) is 0 Å². The SMILES string of the molecule is COCCn1c(SCC(=O)C(C)(C)C)nc(C)c1C. The highest BCUT2D eigenvalue weighted by Gasteiger charge is 2.22.